The van der Waals surface area contributed by atoms with Crippen LogP contribution in [0.5, 0.6) is 0 Å². The first-order valence-electron chi connectivity index (χ1n) is 6.42. The molecule has 0 fully saturated rings. The fourth-order valence-electron chi connectivity index (χ4n) is 1.63. The van der Waals surface area contributed by atoms with Crippen LogP contribution in [0.1, 0.15) is 18.9 Å². The van der Waals surface area contributed by atoms with Gasteiger partial charge in [0.1, 0.15) is 0 Å². The molecular formula is C14H18N2O5. The molecule has 0 aliphatic rings. The third-order valence-electron chi connectivity index (χ3n) is 2.66. The Morgan fingerprint density at radius 3 is 2.33 bits per heavy atom. The van der Waals surface area contributed by atoms with Crippen LogP contribution < -0.4 is 10.6 Å². The zero-order valence-electron chi connectivity index (χ0n) is 11.6. The minimum atomic E-state index is -1.47. The molecule has 0 saturated heterocycles. The molecule has 2 amide bonds. The number of aliphatic carboxylic acids is 1. The Balaban J connectivity index is 2.37. The molecule has 1 rings (SSSR count). The molecule has 0 saturated carbocycles. The quantitative estimate of drug-likeness (QED) is 0.571. The normalized spacial score (nSPS) is 11.5. The molecule has 0 aromatic heterocycles. The minimum Gasteiger partial charge on any atom is -0.479 e. The van der Waals surface area contributed by atoms with Crippen molar-refractivity contribution in [1.82, 2.24) is 5.32 Å². The summed E-state index contributed by atoms with van der Waals surface area (Å²) in [5.41, 5.74) is 1.41. The van der Waals surface area contributed by atoms with Gasteiger partial charge in [0.15, 0.2) is 6.10 Å². The number of anilines is 1. The second-order valence-electron chi connectivity index (χ2n) is 4.55. The van der Waals surface area contributed by atoms with Crippen molar-refractivity contribution in [3.05, 3.63) is 29.8 Å². The maximum Gasteiger partial charge on any atom is 0.332 e. The van der Waals surface area contributed by atoms with Gasteiger partial charge in [-0.05, 0) is 17.7 Å². The average Bonchev–Trinajstić information content (AvgIpc) is 2.40. The molecule has 1 atom stereocenters. The zero-order valence-corrected chi connectivity index (χ0v) is 11.6. The number of rotatable bonds is 7. The summed E-state index contributed by atoms with van der Waals surface area (Å²) in [5.74, 6) is -1.74. The first kappa shape index (κ1) is 16.6. The summed E-state index contributed by atoms with van der Waals surface area (Å²) < 4.78 is 0. The van der Waals surface area contributed by atoms with Gasteiger partial charge < -0.3 is 20.8 Å². The lowest BCUT2D eigenvalue weighted by Gasteiger charge is -2.08. The van der Waals surface area contributed by atoms with Gasteiger partial charge in [0.25, 0.3) is 0 Å². The van der Waals surface area contributed by atoms with Crippen LogP contribution in [0.2, 0.25) is 0 Å². The number of benzene rings is 1. The molecule has 0 heterocycles. The highest BCUT2D eigenvalue weighted by molar-refractivity contribution is 5.88. The maximum atomic E-state index is 11.6. The van der Waals surface area contributed by atoms with Crippen molar-refractivity contribution in [3.63, 3.8) is 0 Å². The van der Waals surface area contributed by atoms with Gasteiger partial charge in [-0.1, -0.05) is 12.1 Å². The topological polar surface area (TPSA) is 116 Å². The fraction of sp³-hybridized carbons (Fsp3) is 0.357. The molecule has 7 heteroatoms. The Morgan fingerprint density at radius 2 is 1.81 bits per heavy atom. The van der Waals surface area contributed by atoms with Gasteiger partial charge in [-0.2, -0.15) is 0 Å². The number of hydrogen-bond donors (Lipinski definition) is 4. The molecule has 0 bridgehead atoms. The molecule has 1 unspecified atom stereocenters. The number of nitrogens with one attached hydrogen (secondary N) is 2. The van der Waals surface area contributed by atoms with E-state index in [0.717, 1.165) is 5.56 Å². The second kappa shape index (κ2) is 8.01. The first-order valence-corrected chi connectivity index (χ1v) is 6.42. The van der Waals surface area contributed by atoms with Gasteiger partial charge in [-0.25, -0.2) is 4.79 Å². The SMILES string of the molecule is CC(=O)Nc1ccc(CC(=O)NCCC(O)C(=O)O)cc1. The van der Waals surface area contributed by atoms with Crippen LogP contribution in [-0.4, -0.2) is 40.6 Å². The smallest absolute Gasteiger partial charge is 0.332 e. The molecule has 7 nitrogen and oxygen atoms in total. The Labute approximate surface area is 122 Å². The van der Waals surface area contributed by atoms with Crippen molar-refractivity contribution in [3.8, 4) is 0 Å². The monoisotopic (exact) mass is 294 g/mol. The Hall–Kier alpha value is -2.41. The van der Waals surface area contributed by atoms with Crippen molar-refractivity contribution in [1.29, 1.82) is 0 Å². The molecule has 0 spiro atoms. The van der Waals surface area contributed by atoms with Gasteiger partial charge in [0.05, 0.1) is 6.42 Å². The molecule has 4 N–H and O–H groups in total. The standard InChI is InChI=1S/C14H18N2O5/c1-9(17)16-11-4-2-10(3-5-11)8-13(19)15-7-6-12(18)14(20)21/h2-5,12,18H,6-8H2,1H3,(H,15,19)(H,16,17)(H,20,21). The molecule has 114 valence electrons. The van der Waals surface area contributed by atoms with E-state index in [1.807, 2.05) is 0 Å². The summed E-state index contributed by atoms with van der Waals surface area (Å²) in [6.07, 6.45) is -1.37. The summed E-state index contributed by atoms with van der Waals surface area (Å²) >= 11 is 0. The van der Waals surface area contributed by atoms with Crippen LogP contribution in [0.15, 0.2) is 24.3 Å². The maximum absolute atomic E-state index is 11.6. The Kier molecular flexibility index (Phi) is 6.35. The summed E-state index contributed by atoms with van der Waals surface area (Å²) in [6, 6.07) is 6.82. The van der Waals surface area contributed by atoms with Crippen LogP contribution in [0, 0.1) is 0 Å². The van der Waals surface area contributed by atoms with E-state index >= 15 is 0 Å². The van der Waals surface area contributed by atoms with Crippen LogP contribution >= 0.6 is 0 Å². The average molecular weight is 294 g/mol. The van der Waals surface area contributed by atoms with Gasteiger partial charge >= 0.3 is 5.97 Å². The third kappa shape index (κ3) is 6.53. The zero-order chi connectivity index (χ0) is 15.8. The predicted molar refractivity (Wildman–Crippen MR) is 75.7 cm³/mol. The fourth-order valence-corrected chi connectivity index (χ4v) is 1.63. The van der Waals surface area contributed by atoms with E-state index in [0.29, 0.717) is 5.69 Å². The number of carboxylic acid groups (broad SMARTS) is 1. The van der Waals surface area contributed by atoms with Gasteiger partial charge in [-0.3, -0.25) is 9.59 Å². The van der Waals surface area contributed by atoms with E-state index in [-0.39, 0.29) is 31.2 Å². The highest BCUT2D eigenvalue weighted by Crippen LogP contribution is 2.09. The molecule has 1 aromatic carbocycles. The van der Waals surface area contributed by atoms with E-state index in [1.165, 1.54) is 6.92 Å². The third-order valence-corrected chi connectivity index (χ3v) is 2.66. The molecule has 0 aliphatic carbocycles. The molecule has 0 radical (unpaired) electrons. The van der Waals surface area contributed by atoms with E-state index in [2.05, 4.69) is 10.6 Å². The van der Waals surface area contributed by atoms with Crippen molar-refractivity contribution in [2.75, 3.05) is 11.9 Å². The van der Waals surface area contributed by atoms with Gasteiger partial charge in [0, 0.05) is 25.6 Å². The van der Waals surface area contributed by atoms with E-state index in [9.17, 15) is 14.4 Å². The first-order chi connectivity index (χ1) is 9.88. The van der Waals surface area contributed by atoms with Crippen LogP contribution in [0.3, 0.4) is 0 Å². The number of carbonyl (C=O) groups excluding carboxylic acids is 2. The lowest BCUT2D eigenvalue weighted by molar-refractivity contribution is -0.147. The second-order valence-corrected chi connectivity index (χ2v) is 4.55. The minimum absolute atomic E-state index is 0.0391. The summed E-state index contributed by atoms with van der Waals surface area (Å²) in [4.78, 5) is 32.9. The molecule has 0 aliphatic heterocycles. The predicted octanol–water partition coefficient (Wildman–Crippen LogP) is 0.139. The van der Waals surface area contributed by atoms with Crippen molar-refractivity contribution in [2.24, 2.45) is 0 Å². The van der Waals surface area contributed by atoms with Crippen LogP contribution in [0.25, 0.3) is 0 Å². The van der Waals surface area contributed by atoms with E-state index < -0.39 is 12.1 Å². The Morgan fingerprint density at radius 1 is 1.19 bits per heavy atom. The number of carboxylic acids is 1. The number of aliphatic hydroxyl groups is 1. The Bertz CT molecular complexity index is 513. The van der Waals surface area contributed by atoms with Crippen molar-refractivity contribution in [2.45, 2.75) is 25.9 Å². The van der Waals surface area contributed by atoms with Gasteiger partial charge in [0.2, 0.25) is 11.8 Å². The lowest BCUT2D eigenvalue weighted by Crippen LogP contribution is -2.30. The highest BCUT2D eigenvalue weighted by atomic mass is 16.4. The van der Waals surface area contributed by atoms with E-state index in [4.69, 9.17) is 10.2 Å². The summed E-state index contributed by atoms with van der Waals surface area (Å²) in [5, 5.41) is 22.7. The summed E-state index contributed by atoms with van der Waals surface area (Å²) in [6.45, 7) is 1.50. The molecule has 21 heavy (non-hydrogen) atoms. The summed E-state index contributed by atoms with van der Waals surface area (Å²) in [7, 11) is 0. The van der Waals surface area contributed by atoms with Crippen LogP contribution in [0.4, 0.5) is 5.69 Å². The van der Waals surface area contributed by atoms with Gasteiger partial charge in [-0.15, -0.1) is 0 Å². The van der Waals surface area contributed by atoms with Crippen molar-refractivity contribution < 1.29 is 24.6 Å². The number of amides is 2. The number of aliphatic hydroxyl groups excluding tert-OH is 1. The number of carbonyl (C=O) groups is 3. The van der Waals surface area contributed by atoms with Crippen molar-refractivity contribution >= 4 is 23.5 Å². The molecular weight excluding hydrogens is 276 g/mol. The van der Waals surface area contributed by atoms with Crippen LogP contribution in [-0.2, 0) is 20.8 Å². The lowest BCUT2D eigenvalue weighted by atomic mass is 10.1. The highest BCUT2D eigenvalue weighted by Gasteiger charge is 2.12. The van der Waals surface area contributed by atoms with E-state index in [1.54, 1.807) is 24.3 Å². The number of hydrogen-bond acceptors (Lipinski definition) is 4. The largest absolute Gasteiger partial charge is 0.479 e. The molecule has 1 aromatic rings.